The molecule has 9 heteroatoms. The number of para-hydroxylation sites is 1. The zero-order chi connectivity index (χ0) is 22.8. The standard InChI is InChI=1S/C23H21N3O5S/c1-3-18-21(27)25-20(16-11-7-8-12-17(16)26(29)30)19(14(2)24-23(25)32-18)22(28)31-13-15-9-5-4-6-10-15/h4-12,18,20H,3,13H2,1-2H3/t18-,20-/m0/s1. The number of nitro groups is 1. The van der Waals surface area contributed by atoms with Gasteiger partial charge in [0.2, 0.25) is 5.91 Å². The summed E-state index contributed by atoms with van der Waals surface area (Å²) in [6, 6.07) is 14.4. The SMILES string of the molecule is CC[C@@H]1SC2=NC(C)=C(C(=O)OCc3ccccc3)[C@H](c3ccccc3[N+](=O)[O-])N2C1=O. The molecule has 164 valence electrons. The zero-order valence-corrected chi connectivity index (χ0v) is 18.4. The molecule has 2 aliphatic rings. The number of hydrogen-bond donors (Lipinski definition) is 0. The second kappa shape index (κ2) is 8.96. The number of carbonyl (C=O) groups excluding carboxylic acids is 2. The van der Waals surface area contributed by atoms with Crippen molar-refractivity contribution in [3.8, 4) is 0 Å². The number of benzene rings is 2. The quantitative estimate of drug-likeness (QED) is 0.367. The van der Waals surface area contributed by atoms with Crippen molar-refractivity contribution in [2.45, 2.75) is 38.2 Å². The van der Waals surface area contributed by atoms with Crippen LogP contribution < -0.4 is 0 Å². The topological polar surface area (TPSA) is 102 Å². The van der Waals surface area contributed by atoms with Crippen molar-refractivity contribution in [3.63, 3.8) is 0 Å². The fourth-order valence-electron chi connectivity index (χ4n) is 3.83. The van der Waals surface area contributed by atoms with Gasteiger partial charge in [0, 0.05) is 6.07 Å². The molecule has 2 aromatic rings. The van der Waals surface area contributed by atoms with E-state index >= 15 is 0 Å². The average molecular weight is 452 g/mol. The summed E-state index contributed by atoms with van der Waals surface area (Å²) in [7, 11) is 0. The molecule has 2 aromatic carbocycles. The first-order chi connectivity index (χ1) is 15.4. The lowest BCUT2D eigenvalue weighted by Crippen LogP contribution is -2.41. The van der Waals surface area contributed by atoms with Crippen molar-refractivity contribution in [2.75, 3.05) is 0 Å². The molecule has 4 rings (SSSR count). The van der Waals surface area contributed by atoms with Gasteiger partial charge in [-0.2, -0.15) is 0 Å². The second-order valence-electron chi connectivity index (χ2n) is 7.40. The van der Waals surface area contributed by atoms with Crippen LogP contribution in [-0.2, 0) is 20.9 Å². The van der Waals surface area contributed by atoms with E-state index in [-0.39, 0.29) is 34.6 Å². The molecule has 1 fully saturated rings. The Labute approximate surface area is 189 Å². The molecule has 0 aliphatic carbocycles. The van der Waals surface area contributed by atoms with Gasteiger partial charge in [-0.3, -0.25) is 19.8 Å². The van der Waals surface area contributed by atoms with Crippen molar-refractivity contribution in [3.05, 3.63) is 87.1 Å². The van der Waals surface area contributed by atoms with Gasteiger partial charge in [-0.15, -0.1) is 0 Å². The highest BCUT2D eigenvalue weighted by molar-refractivity contribution is 8.15. The summed E-state index contributed by atoms with van der Waals surface area (Å²) in [5.74, 6) is -0.879. The molecule has 1 saturated heterocycles. The lowest BCUT2D eigenvalue weighted by Gasteiger charge is -2.32. The van der Waals surface area contributed by atoms with E-state index in [0.29, 0.717) is 17.3 Å². The number of amides is 1. The first-order valence-electron chi connectivity index (χ1n) is 10.2. The van der Waals surface area contributed by atoms with Crippen LogP contribution in [0.2, 0.25) is 0 Å². The van der Waals surface area contributed by atoms with E-state index < -0.39 is 16.9 Å². The number of esters is 1. The van der Waals surface area contributed by atoms with E-state index in [1.165, 1.54) is 22.7 Å². The Morgan fingerprint density at radius 2 is 1.88 bits per heavy atom. The van der Waals surface area contributed by atoms with Gasteiger partial charge in [-0.1, -0.05) is 61.2 Å². The van der Waals surface area contributed by atoms with Gasteiger partial charge in [0.1, 0.15) is 12.6 Å². The number of aliphatic imine (C=N–C) groups is 1. The number of amidine groups is 1. The van der Waals surface area contributed by atoms with Gasteiger partial charge in [-0.05, 0) is 25.0 Å². The van der Waals surface area contributed by atoms with Gasteiger partial charge < -0.3 is 4.74 Å². The van der Waals surface area contributed by atoms with E-state index in [2.05, 4.69) is 4.99 Å². The van der Waals surface area contributed by atoms with Crippen molar-refractivity contribution in [2.24, 2.45) is 4.99 Å². The summed E-state index contributed by atoms with van der Waals surface area (Å²) >= 11 is 1.31. The molecule has 1 amide bonds. The molecule has 0 N–H and O–H groups in total. The summed E-state index contributed by atoms with van der Waals surface area (Å²) in [6.07, 6.45) is 0.579. The highest BCUT2D eigenvalue weighted by atomic mass is 32.2. The van der Waals surface area contributed by atoms with Crippen LogP contribution in [0.25, 0.3) is 0 Å². The van der Waals surface area contributed by atoms with Crippen LogP contribution in [0.1, 0.15) is 37.4 Å². The van der Waals surface area contributed by atoms with Crippen LogP contribution in [0.5, 0.6) is 0 Å². The molecule has 0 saturated carbocycles. The Bertz CT molecular complexity index is 1150. The predicted molar refractivity (Wildman–Crippen MR) is 121 cm³/mol. The smallest absolute Gasteiger partial charge is 0.338 e. The van der Waals surface area contributed by atoms with Crippen LogP contribution >= 0.6 is 11.8 Å². The minimum atomic E-state index is -0.982. The Kier molecular flexibility index (Phi) is 6.09. The number of hydrogen-bond acceptors (Lipinski definition) is 7. The molecule has 8 nitrogen and oxygen atoms in total. The first-order valence-corrected chi connectivity index (χ1v) is 11.0. The monoisotopic (exact) mass is 451 g/mol. The van der Waals surface area contributed by atoms with Crippen LogP contribution in [0, 0.1) is 10.1 Å². The van der Waals surface area contributed by atoms with E-state index in [1.54, 1.807) is 25.1 Å². The fourth-order valence-corrected chi connectivity index (χ4v) is 4.96. The van der Waals surface area contributed by atoms with Crippen molar-refractivity contribution >= 4 is 34.5 Å². The number of fused-ring (bicyclic) bond motifs is 1. The number of carbonyl (C=O) groups is 2. The van der Waals surface area contributed by atoms with E-state index in [1.807, 2.05) is 37.3 Å². The lowest BCUT2D eigenvalue weighted by atomic mass is 9.93. The van der Waals surface area contributed by atoms with E-state index in [4.69, 9.17) is 4.74 Å². The number of nitro benzene ring substituents is 1. The minimum Gasteiger partial charge on any atom is -0.457 e. The maximum atomic E-state index is 13.2. The maximum Gasteiger partial charge on any atom is 0.338 e. The summed E-state index contributed by atoms with van der Waals surface area (Å²) in [4.78, 5) is 43.6. The molecule has 0 radical (unpaired) electrons. The fraction of sp³-hybridized carbons (Fsp3) is 0.261. The Morgan fingerprint density at radius 1 is 1.19 bits per heavy atom. The normalized spacial score (nSPS) is 20.1. The Balaban J connectivity index is 1.78. The third-order valence-electron chi connectivity index (χ3n) is 5.38. The summed E-state index contributed by atoms with van der Waals surface area (Å²) in [6.45, 7) is 3.59. The van der Waals surface area contributed by atoms with Gasteiger partial charge in [0.05, 0.1) is 27.0 Å². The Hall–Kier alpha value is -3.46. The van der Waals surface area contributed by atoms with Crippen LogP contribution in [0.15, 0.2) is 70.9 Å². The third-order valence-corrected chi connectivity index (χ3v) is 6.70. The van der Waals surface area contributed by atoms with E-state index in [9.17, 15) is 19.7 Å². The highest BCUT2D eigenvalue weighted by Gasteiger charge is 2.48. The molecular formula is C23H21N3O5S. The molecule has 32 heavy (non-hydrogen) atoms. The number of allylic oxidation sites excluding steroid dienone is 1. The van der Waals surface area contributed by atoms with Gasteiger partial charge in [-0.25, -0.2) is 9.79 Å². The molecule has 0 aromatic heterocycles. The molecular weight excluding hydrogens is 430 g/mol. The van der Waals surface area contributed by atoms with Crippen LogP contribution in [0.4, 0.5) is 5.69 Å². The van der Waals surface area contributed by atoms with Gasteiger partial charge in [0.15, 0.2) is 5.17 Å². The molecule has 2 atom stereocenters. The van der Waals surface area contributed by atoms with Gasteiger partial charge >= 0.3 is 5.97 Å². The number of thioether (sulfide) groups is 1. The molecule has 0 unspecified atom stereocenters. The zero-order valence-electron chi connectivity index (χ0n) is 17.6. The number of nitrogens with zero attached hydrogens (tertiary/aromatic N) is 3. The minimum absolute atomic E-state index is 0.0386. The lowest BCUT2D eigenvalue weighted by molar-refractivity contribution is -0.385. The molecule has 0 bridgehead atoms. The van der Waals surface area contributed by atoms with Gasteiger partial charge in [0.25, 0.3) is 5.69 Å². The summed E-state index contributed by atoms with van der Waals surface area (Å²) < 4.78 is 5.55. The number of rotatable bonds is 6. The predicted octanol–water partition coefficient (Wildman–Crippen LogP) is 4.38. The molecule has 2 heterocycles. The second-order valence-corrected chi connectivity index (χ2v) is 8.57. The van der Waals surface area contributed by atoms with Crippen molar-refractivity contribution in [1.82, 2.24) is 4.90 Å². The van der Waals surface area contributed by atoms with Crippen LogP contribution in [0.3, 0.4) is 0 Å². The largest absolute Gasteiger partial charge is 0.457 e. The number of ether oxygens (including phenoxy) is 1. The first kappa shape index (κ1) is 21.8. The third kappa shape index (κ3) is 3.91. The highest BCUT2D eigenvalue weighted by Crippen LogP contribution is 2.46. The molecule has 0 spiro atoms. The molecule has 2 aliphatic heterocycles. The van der Waals surface area contributed by atoms with Crippen molar-refractivity contribution < 1.29 is 19.2 Å². The van der Waals surface area contributed by atoms with E-state index in [0.717, 1.165) is 5.56 Å². The van der Waals surface area contributed by atoms with Crippen molar-refractivity contribution in [1.29, 1.82) is 0 Å². The average Bonchev–Trinajstić information content (AvgIpc) is 3.12. The Morgan fingerprint density at radius 3 is 2.56 bits per heavy atom. The summed E-state index contributed by atoms with van der Waals surface area (Å²) in [5.41, 5.74) is 1.40. The maximum absolute atomic E-state index is 13.2. The van der Waals surface area contributed by atoms with Crippen LogP contribution in [-0.4, -0.2) is 32.1 Å². The summed E-state index contributed by atoms with van der Waals surface area (Å²) in [5, 5.41) is 11.9.